The van der Waals surface area contributed by atoms with Crippen LogP contribution in [0.3, 0.4) is 0 Å². The molecule has 2 heteroatoms. The van der Waals surface area contributed by atoms with E-state index in [1.165, 1.54) is 36.0 Å². The third kappa shape index (κ3) is 2.69. The first kappa shape index (κ1) is 13.2. The molecule has 0 bridgehead atoms. The molecular formula is C18H21NO. The second kappa shape index (κ2) is 5.66. The van der Waals surface area contributed by atoms with E-state index in [0.717, 1.165) is 18.5 Å². The van der Waals surface area contributed by atoms with Crippen molar-refractivity contribution in [3.8, 4) is 0 Å². The van der Waals surface area contributed by atoms with Crippen LogP contribution < -0.4 is 0 Å². The molecule has 1 aliphatic carbocycles. The van der Waals surface area contributed by atoms with E-state index in [0.29, 0.717) is 6.42 Å². The van der Waals surface area contributed by atoms with Crippen molar-refractivity contribution in [1.29, 1.82) is 0 Å². The number of aromatic nitrogens is 1. The van der Waals surface area contributed by atoms with Crippen molar-refractivity contribution in [3.05, 3.63) is 58.9 Å². The smallest absolute Gasteiger partial charge is 0.164 e. The quantitative estimate of drug-likeness (QED) is 0.750. The minimum Gasteiger partial charge on any atom is -0.349 e. The maximum Gasteiger partial charge on any atom is 0.164 e. The van der Waals surface area contributed by atoms with E-state index < -0.39 is 0 Å². The zero-order chi connectivity index (χ0) is 13.9. The van der Waals surface area contributed by atoms with Crippen molar-refractivity contribution in [1.82, 2.24) is 4.57 Å². The lowest BCUT2D eigenvalue weighted by Crippen LogP contribution is -1.99. The number of nitrogens with zero attached hydrogens (tertiary/aromatic N) is 1. The fraction of sp³-hybridized carbons (Fsp3) is 0.389. The second-order valence-corrected chi connectivity index (χ2v) is 5.70. The third-order valence-corrected chi connectivity index (χ3v) is 4.08. The highest BCUT2D eigenvalue weighted by Crippen LogP contribution is 2.23. The minimum absolute atomic E-state index is 0.250. The van der Waals surface area contributed by atoms with E-state index >= 15 is 0 Å². The lowest BCUT2D eigenvalue weighted by atomic mass is 10.1. The number of benzene rings is 1. The van der Waals surface area contributed by atoms with Crippen molar-refractivity contribution in [2.45, 2.75) is 45.6 Å². The van der Waals surface area contributed by atoms with Crippen molar-refractivity contribution >= 4 is 5.78 Å². The fourth-order valence-electron chi connectivity index (χ4n) is 3.01. The van der Waals surface area contributed by atoms with Crippen LogP contribution in [0.15, 0.2) is 36.7 Å². The predicted octanol–water partition coefficient (Wildman–Crippen LogP) is 4.01. The summed E-state index contributed by atoms with van der Waals surface area (Å²) in [6, 6.07) is 8.75. The van der Waals surface area contributed by atoms with Gasteiger partial charge in [-0.25, -0.2) is 0 Å². The second-order valence-electron chi connectivity index (χ2n) is 5.70. The molecule has 0 unspecified atom stereocenters. The molecule has 0 fully saturated rings. The van der Waals surface area contributed by atoms with Crippen LogP contribution in [0.2, 0.25) is 0 Å². The Hall–Kier alpha value is -1.83. The zero-order valence-corrected chi connectivity index (χ0v) is 12.1. The first-order valence-corrected chi connectivity index (χ1v) is 7.56. The molecular weight excluding hydrogens is 246 g/mol. The monoisotopic (exact) mass is 267 g/mol. The molecule has 3 rings (SSSR count). The Bertz CT molecular complexity index is 624. The van der Waals surface area contributed by atoms with Crippen LogP contribution in [-0.2, 0) is 19.4 Å². The molecule has 1 aromatic carbocycles. The molecule has 2 aromatic rings. The van der Waals surface area contributed by atoms with Crippen molar-refractivity contribution in [2.75, 3.05) is 0 Å². The summed E-state index contributed by atoms with van der Waals surface area (Å²) in [5, 5.41) is 0. The van der Waals surface area contributed by atoms with Gasteiger partial charge in [0.25, 0.3) is 0 Å². The van der Waals surface area contributed by atoms with Crippen LogP contribution in [0.5, 0.6) is 0 Å². The molecule has 104 valence electrons. The van der Waals surface area contributed by atoms with Gasteiger partial charge in [-0.05, 0) is 48.4 Å². The first-order chi connectivity index (χ1) is 9.76. The molecule has 1 heterocycles. The van der Waals surface area contributed by atoms with Gasteiger partial charge < -0.3 is 4.57 Å². The molecule has 1 aliphatic rings. The van der Waals surface area contributed by atoms with E-state index in [1.54, 1.807) is 0 Å². The zero-order valence-electron chi connectivity index (χ0n) is 12.1. The number of hydrogen-bond donors (Lipinski definition) is 0. The van der Waals surface area contributed by atoms with Crippen LogP contribution >= 0.6 is 0 Å². The Morgan fingerprint density at radius 1 is 1.20 bits per heavy atom. The lowest BCUT2D eigenvalue weighted by Gasteiger charge is -2.06. The van der Waals surface area contributed by atoms with Crippen LogP contribution in [-0.4, -0.2) is 10.4 Å². The number of carbonyl (C=O) groups excluding carboxylic acids is 1. The number of hydrogen-bond acceptors (Lipinski definition) is 1. The van der Waals surface area contributed by atoms with Gasteiger partial charge in [0.2, 0.25) is 0 Å². The Morgan fingerprint density at radius 3 is 2.90 bits per heavy atom. The number of ketones is 1. The van der Waals surface area contributed by atoms with Crippen molar-refractivity contribution in [2.24, 2.45) is 0 Å². The first-order valence-electron chi connectivity index (χ1n) is 7.56. The Kier molecular flexibility index (Phi) is 3.72. The molecule has 0 amide bonds. The maximum absolute atomic E-state index is 11.9. The minimum atomic E-state index is 0.250. The maximum atomic E-state index is 11.9. The van der Waals surface area contributed by atoms with Gasteiger partial charge in [-0.1, -0.05) is 25.1 Å². The normalized spacial score (nSPS) is 13.4. The summed E-state index contributed by atoms with van der Waals surface area (Å²) in [6.45, 7) is 2.89. The van der Waals surface area contributed by atoms with Crippen LogP contribution in [0.25, 0.3) is 0 Å². The van der Waals surface area contributed by atoms with Crippen LogP contribution in [0.1, 0.15) is 53.2 Å². The van der Waals surface area contributed by atoms with Gasteiger partial charge >= 0.3 is 0 Å². The van der Waals surface area contributed by atoms with Crippen molar-refractivity contribution < 1.29 is 4.79 Å². The van der Waals surface area contributed by atoms with Gasteiger partial charge in [0.1, 0.15) is 0 Å². The molecule has 1 aromatic heterocycles. The summed E-state index contributed by atoms with van der Waals surface area (Å²) in [4.78, 5) is 11.9. The third-order valence-electron chi connectivity index (χ3n) is 4.08. The van der Waals surface area contributed by atoms with Gasteiger partial charge in [0.15, 0.2) is 5.78 Å². The Balaban J connectivity index is 1.73. The summed E-state index contributed by atoms with van der Waals surface area (Å²) in [5.74, 6) is 0.250. The van der Waals surface area contributed by atoms with Gasteiger partial charge in [-0.2, -0.15) is 0 Å². The predicted molar refractivity (Wildman–Crippen MR) is 81.2 cm³/mol. The number of Topliss-reactive ketones (excluding diaryl/α,β-unsaturated/α-hetero) is 1. The summed E-state index contributed by atoms with van der Waals surface area (Å²) < 4.78 is 2.11. The highest BCUT2D eigenvalue weighted by Gasteiger charge is 2.11. The molecule has 0 saturated heterocycles. The van der Waals surface area contributed by atoms with Gasteiger partial charge in [0.05, 0.1) is 0 Å². The Morgan fingerprint density at radius 2 is 2.05 bits per heavy atom. The summed E-state index contributed by atoms with van der Waals surface area (Å²) in [6.07, 6.45) is 9.28. The average Bonchev–Trinajstić information content (AvgIpc) is 3.07. The van der Waals surface area contributed by atoms with E-state index in [1.807, 2.05) is 25.4 Å². The number of aryl methyl sites for hydroxylation is 2. The molecule has 0 spiro atoms. The topological polar surface area (TPSA) is 22.0 Å². The largest absolute Gasteiger partial charge is 0.349 e. The molecule has 0 N–H and O–H groups in total. The van der Waals surface area contributed by atoms with Gasteiger partial charge in [0, 0.05) is 30.9 Å². The van der Waals surface area contributed by atoms with E-state index in [9.17, 15) is 4.79 Å². The molecule has 0 aliphatic heterocycles. The van der Waals surface area contributed by atoms with Gasteiger partial charge in [-0.15, -0.1) is 0 Å². The number of rotatable bonds is 5. The van der Waals surface area contributed by atoms with Crippen molar-refractivity contribution in [3.63, 3.8) is 0 Å². The van der Waals surface area contributed by atoms with E-state index in [-0.39, 0.29) is 5.78 Å². The highest BCUT2D eigenvalue weighted by molar-refractivity contribution is 5.95. The van der Waals surface area contributed by atoms with E-state index in [4.69, 9.17) is 0 Å². The Labute approximate surface area is 120 Å². The molecule has 0 atom stereocenters. The van der Waals surface area contributed by atoms with Crippen LogP contribution in [0.4, 0.5) is 0 Å². The molecule has 0 radical (unpaired) electrons. The highest BCUT2D eigenvalue weighted by atomic mass is 16.1. The summed E-state index contributed by atoms with van der Waals surface area (Å²) in [7, 11) is 0. The molecule has 20 heavy (non-hydrogen) atoms. The standard InChI is InChI=1S/C18H21NO/c1-2-4-18(20)17-9-10-19(13-17)12-14-7-8-15-5-3-6-16(15)11-14/h7-11,13H,2-6,12H2,1H3. The van der Waals surface area contributed by atoms with Gasteiger partial charge in [-0.3, -0.25) is 4.79 Å². The SMILES string of the molecule is CCCC(=O)c1ccn(Cc2ccc3c(c2)CCC3)c1. The molecule has 2 nitrogen and oxygen atoms in total. The summed E-state index contributed by atoms with van der Waals surface area (Å²) in [5.41, 5.74) is 5.20. The lowest BCUT2D eigenvalue weighted by molar-refractivity contribution is 0.0981. The van der Waals surface area contributed by atoms with Crippen LogP contribution in [0, 0.1) is 0 Å². The number of carbonyl (C=O) groups is 1. The van der Waals surface area contributed by atoms with E-state index in [2.05, 4.69) is 22.8 Å². The molecule has 0 saturated carbocycles. The average molecular weight is 267 g/mol. The number of fused-ring (bicyclic) bond motifs is 1. The fourth-order valence-corrected chi connectivity index (χ4v) is 3.01. The summed E-state index contributed by atoms with van der Waals surface area (Å²) >= 11 is 0.